The molecule has 1 aliphatic carbocycles. The summed E-state index contributed by atoms with van der Waals surface area (Å²) in [6.07, 6.45) is 3.26. The minimum atomic E-state index is -0.284. The van der Waals surface area contributed by atoms with Crippen LogP contribution in [0.5, 0.6) is 0 Å². The number of nitrogens with one attached hydrogen (secondary N) is 2. The zero-order valence-electron chi connectivity index (χ0n) is 13.4. The Hall–Kier alpha value is -2.04. The minimum Gasteiger partial charge on any atom is -0.385 e. The molecule has 4 nitrogen and oxygen atoms in total. The van der Waals surface area contributed by atoms with Crippen LogP contribution in [0.1, 0.15) is 23.1 Å². The normalized spacial score (nSPS) is 16.3. The van der Waals surface area contributed by atoms with Crippen LogP contribution in [0.3, 0.4) is 0 Å². The molecular weight excluding hydrogens is 324 g/mol. The molecule has 0 saturated heterocycles. The predicted octanol–water partition coefficient (Wildman–Crippen LogP) is 3.60. The first-order chi connectivity index (χ1) is 11.7. The molecule has 0 heterocycles. The summed E-state index contributed by atoms with van der Waals surface area (Å²) in [6.45, 7) is 0.819. The molecule has 1 atom stereocenters. The number of hydrogen-bond donors (Lipinski definition) is 3. The standard InChI is InChI=1S/C19H21ClN2O2/c20-17-2-1-3-18(12-17)21-9-8-13-4-5-14-6-7-15(19(23)22-24)11-16(14)10-13/h1-5,10,12,15,21,24H,6-9,11H2,(H,22,23). The van der Waals surface area contributed by atoms with Gasteiger partial charge in [0.15, 0.2) is 0 Å². The summed E-state index contributed by atoms with van der Waals surface area (Å²) in [7, 11) is 0. The summed E-state index contributed by atoms with van der Waals surface area (Å²) >= 11 is 5.98. The number of fused-ring (bicyclic) bond motifs is 1. The Morgan fingerprint density at radius 3 is 2.88 bits per heavy atom. The van der Waals surface area contributed by atoms with E-state index in [4.69, 9.17) is 16.8 Å². The van der Waals surface area contributed by atoms with Gasteiger partial charge in [-0.15, -0.1) is 0 Å². The van der Waals surface area contributed by atoms with Crippen LogP contribution in [-0.4, -0.2) is 17.7 Å². The third-order valence-electron chi connectivity index (χ3n) is 4.55. The summed E-state index contributed by atoms with van der Waals surface area (Å²) < 4.78 is 0. The van der Waals surface area contributed by atoms with Crippen molar-refractivity contribution in [3.63, 3.8) is 0 Å². The van der Waals surface area contributed by atoms with E-state index >= 15 is 0 Å². The Morgan fingerprint density at radius 1 is 1.21 bits per heavy atom. The van der Waals surface area contributed by atoms with E-state index in [0.29, 0.717) is 6.42 Å². The zero-order valence-corrected chi connectivity index (χ0v) is 14.1. The highest BCUT2D eigenvalue weighted by molar-refractivity contribution is 6.30. The number of amides is 1. The third-order valence-corrected chi connectivity index (χ3v) is 4.78. The molecule has 5 heteroatoms. The average molecular weight is 345 g/mol. The Labute approximate surface area is 146 Å². The maximum Gasteiger partial charge on any atom is 0.246 e. The van der Waals surface area contributed by atoms with E-state index in [9.17, 15) is 4.79 Å². The maximum atomic E-state index is 11.6. The van der Waals surface area contributed by atoms with Gasteiger partial charge in [0.25, 0.3) is 0 Å². The summed E-state index contributed by atoms with van der Waals surface area (Å²) in [6, 6.07) is 14.2. The van der Waals surface area contributed by atoms with Gasteiger partial charge in [-0.25, -0.2) is 5.48 Å². The smallest absolute Gasteiger partial charge is 0.246 e. The van der Waals surface area contributed by atoms with Crippen LogP contribution in [0.25, 0.3) is 0 Å². The van der Waals surface area contributed by atoms with Crippen molar-refractivity contribution in [3.8, 4) is 0 Å². The molecule has 1 aliphatic rings. The van der Waals surface area contributed by atoms with E-state index in [0.717, 1.165) is 36.5 Å². The molecular formula is C19H21ClN2O2. The van der Waals surface area contributed by atoms with Crippen molar-refractivity contribution in [1.82, 2.24) is 5.48 Å². The molecule has 2 aromatic carbocycles. The summed E-state index contributed by atoms with van der Waals surface area (Å²) in [5.74, 6) is -0.420. The predicted molar refractivity (Wildman–Crippen MR) is 95.5 cm³/mol. The number of carbonyl (C=O) groups is 1. The Bertz CT molecular complexity index is 733. The molecule has 1 unspecified atom stereocenters. The number of anilines is 1. The summed E-state index contributed by atoms with van der Waals surface area (Å²) in [4.78, 5) is 11.6. The molecule has 126 valence electrons. The van der Waals surface area contributed by atoms with Crippen molar-refractivity contribution >= 4 is 23.2 Å². The first-order valence-electron chi connectivity index (χ1n) is 8.20. The van der Waals surface area contributed by atoms with E-state index in [2.05, 4.69) is 23.5 Å². The highest BCUT2D eigenvalue weighted by atomic mass is 35.5. The lowest BCUT2D eigenvalue weighted by atomic mass is 9.82. The Kier molecular flexibility index (Phi) is 5.38. The van der Waals surface area contributed by atoms with Crippen molar-refractivity contribution in [2.24, 2.45) is 5.92 Å². The van der Waals surface area contributed by atoms with Gasteiger partial charge >= 0.3 is 0 Å². The van der Waals surface area contributed by atoms with Gasteiger partial charge in [0.1, 0.15) is 0 Å². The second kappa shape index (κ2) is 7.69. The van der Waals surface area contributed by atoms with Gasteiger partial charge in [-0.1, -0.05) is 35.9 Å². The molecule has 0 bridgehead atoms. The van der Waals surface area contributed by atoms with Crippen LogP contribution in [0.15, 0.2) is 42.5 Å². The van der Waals surface area contributed by atoms with Crippen LogP contribution in [0.4, 0.5) is 5.69 Å². The SMILES string of the molecule is O=C(NO)C1CCc2ccc(CCNc3cccc(Cl)c3)cc2C1. The molecule has 1 amide bonds. The fourth-order valence-electron chi connectivity index (χ4n) is 3.23. The lowest BCUT2D eigenvalue weighted by Gasteiger charge is -2.23. The second-order valence-corrected chi connectivity index (χ2v) is 6.64. The molecule has 3 rings (SSSR count). The largest absolute Gasteiger partial charge is 0.385 e. The van der Waals surface area contributed by atoms with Crippen LogP contribution in [0, 0.1) is 5.92 Å². The van der Waals surface area contributed by atoms with Crippen molar-refractivity contribution in [1.29, 1.82) is 0 Å². The molecule has 0 spiro atoms. The van der Waals surface area contributed by atoms with Crippen molar-refractivity contribution in [2.45, 2.75) is 25.7 Å². The number of hydrogen-bond acceptors (Lipinski definition) is 3. The molecule has 0 fully saturated rings. The van der Waals surface area contributed by atoms with Crippen LogP contribution in [-0.2, 0) is 24.1 Å². The number of rotatable bonds is 5. The van der Waals surface area contributed by atoms with Crippen LogP contribution >= 0.6 is 11.6 Å². The van der Waals surface area contributed by atoms with Gasteiger partial charge in [0.05, 0.1) is 0 Å². The molecule has 0 radical (unpaired) electrons. The van der Waals surface area contributed by atoms with Gasteiger partial charge in [0.2, 0.25) is 5.91 Å². The highest BCUT2D eigenvalue weighted by Gasteiger charge is 2.24. The lowest BCUT2D eigenvalue weighted by Crippen LogP contribution is -2.31. The first-order valence-corrected chi connectivity index (χ1v) is 8.57. The Morgan fingerprint density at radius 2 is 2.08 bits per heavy atom. The van der Waals surface area contributed by atoms with Crippen LogP contribution < -0.4 is 10.8 Å². The fourth-order valence-corrected chi connectivity index (χ4v) is 3.42. The van der Waals surface area contributed by atoms with Crippen molar-refractivity contribution in [2.75, 3.05) is 11.9 Å². The van der Waals surface area contributed by atoms with Gasteiger partial charge in [-0.05, 0) is 60.6 Å². The first kappa shape index (κ1) is 16.8. The molecule has 24 heavy (non-hydrogen) atoms. The van der Waals surface area contributed by atoms with E-state index in [1.807, 2.05) is 24.3 Å². The van der Waals surface area contributed by atoms with E-state index in [1.165, 1.54) is 16.7 Å². The van der Waals surface area contributed by atoms with Gasteiger partial charge in [-0.3, -0.25) is 10.0 Å². The van der Waals surface area contributed by atoms with Crippen molar-refractivity contribution in [3.05, 3.63) is 64.2 Å². The molecule has 0 aromatic heterocycles. The molecule has 2 aromatic rings. The second-order valence-electron chi connectivity index (χ2n) is 6.21. The number of halogens is 1. The fraction of sp³-hybridized carbons (Fsp3) is 0.316. The average Bonchev–Trinajstić information content (AvgIpc) is 2.60. The number of aryl methyl sites for hydroxylation is 1. The van der Waals surface area contributed by atoms with Gasteiger partial charge in [-0.2, -0.15) is 0 Å². The number of benzene rings is 2. The molecule has 0 saturated carbocycles. The zero-order chi connectivity index (χ0) is 16.9. The number of hydroxylamine groups is 1. The van der Waals surface area contributed by atoms with E-state index in [1.54, 1.807) is 5.48 Å². The quantitative estimate of drug-likeness (QED) is 0.573. The van der Waals surface area contributed by atoms with E-state index in [-0.39, 0.29) is 11.8 Å². The lowest BCUT2D eigenvalue weighted by molar-refractivity contribution is -0.133. The molecule has 3 N–H and O–H groups in total. The van der Waals surface area contributed by atoms with Gasteiger partial charge < -0.3 is 5.32 Å². The maximum absolute atomic E-state index is 11.6. The van der Waals surface area contributed by atoms with Crippen molar-refractivity contribution < 1.29 is 10.0 Å². The topological polar surface area (TPSA) is 61.4 Å². The molecule has 0 aliphatic heterocycles. The number of carbonyl (C=O) groups excluding carboxylic acids is 1. The Balaban J connectivity index is 1.60. The van der Waals surface area contributed by atoms with Gasteiger partial charge in [0, 0.05) is 23.2 Å². The van der Waals surface area contributed by atoms with E-state index < -0.39 is 0 Å². The highest BCUT2D eigenvalue weighted by Crippen LogP contribution is 2.27. The van der Waals surface area contributed by atoms with Crippen LogP contribution in [0.2, 0.25) is 5.02 Å². The summed E-state index contributed by atoms with van der Waals surface area (Å²) in [5.41, 5.74) is 6.56. The third kappa shape index (κ3) is 4.08. The summed E-state index contributed by atoms with van der Waals surface area (Å²) in [5, 5.41) is 12.9. The monoisotopic (exact) mass is 344 g/mol. The minimum absolute atomic E-state index is 0.137.